The second-order valence-electron chi connectivity index (χ2n) is 14.4. The molecule has 0 bridgehead atoms. The number of ether oxygens (including phenoxy) is 2. The molecule has 240 valence electrons. The Labute approximate surface area is 270 Å². The largest absolute Gasteiger partial charge is 0.443 e. The molecule has 4 aromatic rings. The highest BCUT2D eigenvalue weighted by Gasteiger charge is 2.40. The van der Waals surface area contributed by atoms with Crippen molar-refractivity contribution in [2.24, 2.45) is 10.9 Å². The van der Waals surface area contributed by atoms with Crippen LogP contribution in [0.2, 0.25) is 0 Å². The molecule has 0 radical (unpaired) electrons. The van der Waals surface area contributed by atoms with E-state index in [1.165, 1.54) is 0 Å². The van der Waals surface area contributed by atoms with Crippen LogP contribution in [0.25, 0.3) is 11.0 Å². The molecule has 0 aliphatic heterocycles. The Kier molecular flexibility index (Phi) is 8.44. The van der Waals surface area contributed by atoms with E-state index in [0.29, 0.717) is 5.92 Å². The molecule has 9 nitrogen and oxygen atoms in total. The number of aromatic nitrogens is 3. The molecule has 9 heteroatoms. The van der Waals surface area contributed by atoms with Crippen LogP contribution in [0.4, 0.5) is 15.3 Å². The third kappa shape index (κ3) is 7.30. The summed E-state index contributed by atoms with van der Waals surface area (Å²) in [5, 5.41) is 6.14. The van der Waals surface area contributed by atoms with Crippen LogP contribution in [0.1, 0.15) is 96.0 Å². The molecule has 2 amide bonds. The van der Waals surface area contributed by atoms with E-state index in [1.807, 2.05) is 47.3 Å². The van der Waals surface area contributed by atoms with Crippen LogP contribution in [0.15, 0.2) is 77.9 Å². The van der Waals surface area contributed by atoms with E-state index in [1.54, 1.807) is 41.5 Å². The summed E-state index contributed by atoms with van der Waals surface area (Å²) in [6.07, 6.45) is 4.20. The number of benzene rings is 2. The highest BCUT2D eigenvalue weighted by Crippen LogP contribution is 2.46. The first kappa shape index (κ1) is 31.5. The quantitative estimate of drug-likeness (QED) is 0.192. The molecule has 2 aromatic carbocycles. The Morgan fingerprint density at radius 1 is 0.870 bits per heavy atom. The van der Waals surface area contributed by atoms with Crippen LogP contribution in [0, 0.1) is 5.92 Å². The third-order valence-electron chi connectivity index (χ3n) is 8.09. The zero-order chi connectivity index (χ0) is 32.6. The fraction of sp³-hybridized carbons (Fsp3) is 0.432. The Hall–Kier alpha value is -4.53. The summed E-state index contributed by atoms with van der Waals surface area (Å²) in [5.41, 5.74) is 4.22. The van der Waals surface area contributed by atoms with E-state index < -0.39 is 23.4 Å². The lowest BCUT2D eigenvalue weighted by Crippen LogP contribution is -2.47. The summed E-state index contributed by atoms with van der Waals surface area (Å²) in [7, 11) is 0. The van der Waals surface area contributed by atoms with Crippen LogP contribution in [-0.2, 0) is 9.47 Å². The minimum Gasteiger partial charge on any atom is -0.443 e. The van der Waals surface area contributed by atoms with Crippen molar-refractivity contribution < 1.29 is 19.1 Å². The third-order valence-corrected chi connectivity index (χ3v) is 8.09. The topological polar surface area (TPSA) is 98.9 Å². The molecule has 0 N–H and O–H groups in total. The number of hydrogen-bond acceptors (Lipinski definition) is 7. The zero-order valence-corrected chi connectivity index (χ0v) is 27.6. The van der Waals surface area contributed by atoms with Gasteiger partial charge in [-0.25, -0.2) is 29.1 Å². The molecule has 6 rings (SSSR count). The van der Waals surface area contributed by atoms with Crippen molar-refractivity contribution in [1.82, 2.24) is 19.7 Å². The van der Waals surface area contributed by atoms with Gasteiger partial charge in [0.05, 0.1) is 29.3 Å². The highest BCUT2D eigenvalue weighted by molar-refractivity contribution is 6.14. The van der Waals surface area contributed by atoms with E-state index in [-0.39, 0.29) is 18.5 Å². The first-order valence-corrected chi connectivity index (χ1v) is 16.2. The molecular formula is C37H43N5O4. The van der Waals surface area contributed by atoms with Gasteiger partial charge in [-0.05, 0) is 79.2 Å². The monoisotopic (exact) mass is 621 g/mol. The van der Waals surface area contributed by atoms with Crippen molar-refractivity contribution in [3.05, 3.63) is 89.7 Å². The van der Waals surface area contributed by atoms with Gasteiger partial charge in [-0.1, -0.05) is 60.7 Å². The Bertz CT molecular complexity index is 1670. The lowest BCUT2D eigenvalue weighted by atomic mass is 9.80. The van der Waals surface area contributed by atoms with Crippen molar-refractivity contribution in [3.63, 3.8) is 0 Å². The van der Waals surface area contributed by atoms with Gasteiger partial charge in [0.25, 0.3) is 0 Å². The van der Waals surface area contributed by atoms with Gasteiger partial charge in [0, 0.05) is 29.0 Å². The average molecular weight is 622 g/mol. The van der Waals surface area contributed by atoms with Crippen LogP contribution >= 0.6 is 0 Å². The summed E-state index contributed by atoms with van der Waals surface area (Å²) >= 11 is 0. The summed E-state index contributed by atoms with van der Waals surface area (Å²) in [6.45, 7) is 10.9. The van der Waals surface area contributed by atoms with Crippen LogP contribution in [0.3, 0.4) is 0 Å². The SMILES string of the molecule is CC(C)(C)OC(=O)N(CC1CC(n2nc(C3CC3)c3cc(N=C(c4ccccc4)c4ccccc4)cnc32)C1)C(=O)OC(C)(C)C. The van der Waals surface area contributed by atoms with Gasteiger partial charge in [-0.2, -0.15) is 5.10 Å². The lowest BCUT2D eigenvalue weighted by Gasteiger charge is -2.38. The Balaban J connectivity index is 1.25. The number of amides is 2. The van der Waals surface area contributed by atoms with Crippen molar-refractivity contribution in [2.75, 3.05) is 6.54 Å². The molecule has 0 atom stereocenters. The van der Waals surface area contributed by atoms with Gasteiger partial charge >= 0.3 is 12.2 Å². The number of pyridine rings is 1. The summed E-state index contributed by atoms with van der Waals surface area (Å²) < 4.78 is 13.2. The standard InChI is InChI=1S/C37H43N5O4/c1-36(2,3)45-34(43)41(35(44)46-37(4,5)6)23-24-19-29(20-24)42-33-30(32(40-42)27-17-18-27)21-28(22-38-33)39-31(25-13-9-7-10-14-25)26-15-11-8-12-16-26/h7-16,21-22,24,27,29H,17-20,23H2,1-6H3. The number of nitrogens with zero attached hydrogens (tertiary/aromatic N) is 5. The minimum absolute atomic E-state index is 0.0943. The lowest BCUT2D eigenvalue weighted by molar-refractivity contribution is -0.00633. The van der Waals surface area contributed by atoms with Gasteiger partial charge in [0.2, 0.25) is 0 Å². The second-order valence-corrected chi connectivity index (χ2v) is 14.4. The summed E-state index contributed by atoms with van der Waals surface area (Å²) in [4.78, 5) is 37.2. The van der Waals surface area contributed by atoms with E-state index in [0.717, 1.165) is 69.8 Å². The maximum Gasteiger partial charge on any atom is 0.419 e. The summed E-state index contributed by atoms with van der Waals surface area (Å²) in [6, 6.07) is 22.6. The van der Waals surface area contributed by atoms with Crippen LogP contribution in [-0.4, -0.2) is 55.3 Å². The number of fused-ring (bicyclic) bond motifs is 1. The predicted octanol–water partition coefficient (Wildman–Crippen LogP) is 8.60. The van der Waals surface area contributed by atoms with Crippen molar-refractivity contribution in [1.29, 1.82) is 0 Å². The average Bonchev–Trinajstić information content (AvgIpc) is 3.75. The molecule has 0 spiro atoms. The Morgan fingerprint density at radius 3 is 1.91 bits per heavy atom. The van der Waals surface area contributed by atoms with Gasteiger partial charge in [0.1, 0.15) is 11.2 Å². The number of rotatable bonds is 7. The summed E-state index contributed by atoms with van der Waals surface area (Å²) in [5.74, 6) is 0.523. The van der Waals surface area contributed by atoms with Crippen molar-refractivity contribution >= 4 is 34.6 Å². The fourth-order valence-electron chi connectivity index (χ4n) is 5.79. The normalized spacial score (nSPS) is 18.0. The molecular weight excluding hydrogens is 578 g/mol. The molecule has 2 aliphatic rings. The number of imide groups is 1. The fourth-order valence-corrected chi connectivity index (χ4v) is 5.79. The second kappa shape index (κ2) is 12.3. The van der Waals surface area contributed by atoms with Crippen LogP contribution in [0.5, 0.6) is 0 Å². The molecule has 2 fully saturated rings. The van der Waals surface area contributed by atoms with Crippen LogP contribution < -0.4 is 0 Å². The van der Waals surface area contributed by atoms with E-state index in [4.69, 9.17) is 24.5 Å². The molecule has 0 unspecified atom stereocenters. The number of carbonyl (C=O) groups is 2. The Morgan fingerprint density at radius 2 is 1.41 bits per heavy atom. The first-order chi connectivity index (χ1) is 21.8. The smallest absolute Gasteiger partial charge is 0.419 e. The van der Waals surface area contributed by atoms with E-state index in [9.17, 15) is 9.59 Å². The molecule has 2 aromatic heterocycles. The molecule has 0 saturated heterocycles. The molecule has 2 saturated carbocycles. The maximum absolute atomic E-state index is 13.0. The first-order valence-electron chi connectivity index (χ1n) is 16.2. The highest BCUT2D eigenvalue weighted by atomic mass is 16.6. The molecule has 2 heterocycles. The van der Waals surface area contributed by atoms with Gasteiger partial charge in [0.15, 0.2) is 5.65 Å². The van der Waals surface area contributed by atoms with Gasteiger partial charge in [-0.15, -0.1) is 0 Å². The zero-order valence-electron chi connectivity index (χ0n) is 27.6. The van der Waals surface area contributed by atoms with Crippen molar-refractivity contribution in [3.8, 4) is 0 Å². The molecule has 46 heavy (non-hydrogen) atoms. The van der Waals surface area contributed by atoms with Gasteiger partial charge < -0.3 is 9.47 Å². The van der Waals surface area contributed by atoms with E-state index in [2.05, 4.69) is 30.3 Å². The van der Waals surface area contributed by atoms with E-state index >= 15 is 0 Å². The molecule has 2 aliphatic carbocycles. The number of hydrogen-bond donors (Lipinski definition) is 0. The minimum atomic E-state index is -0.732. The number of carbonyl (C=O) groups excluding carboxylic acids is 2. The van der Waals surface area contributed by atoms with Crippen molar-refractivity contribution in [2.45, 2.75) is 90.4 Å². The predicted molar refractivity (Wildman–Crippen MR) is 179 cm³/mol. The number of aliphatic imine (C=N–C) groups is 1. The maximum atomic E-state index is 13.0. The van der Waals surface area contributed by atoms with Gasteiger partial charge in [-0.3, -0.25) is 0 Å².